The normalized spacial score (nSPS) is 30.3. The number of carbonyl (C=O) groups is 1. The van der Waals surface area contributed by atoms with E-state index in [1.165, 1.54) is 0 Å². The van der Waals surface area contributed by atoms with Crippen molar-refractivity contribution in [2.75, 3.05) is 19.6 Å². The summed E-state index contributed by atoms with van der Waals surface area (Å²) >= 11 is 0. The highest BCUT2D eigenvalue weighted by atomic mass is 16.4. The van der Waals surface area contributed by atoms with Crippen molar-refractivity contribution in [3.05, 3.63) is 0 Å². The Bertz CT molecular complexity index is 154. The van der Waals surface area contributed by atoms with Gasteiger partial charge in [0.05, 0.1) is 0 Å². The van der Waals surface area contributed by atoms with Gasteiger partial charge in [-0.15, -0.1) is 0 Å². The summed E-state index contributed by atoms with van der Waals surface area (Å²) in [6.45, 7) is 1.89. The van der Waals surface area contributed by atoms with Gasteiger partial charge in [0.1, 0.15) is 0 Å². The van der Waals surface area contributed by atoms with Crippen LogP contribution in [0.5, 0.6) is 0 Å². The highest BCUT2D eigenvalue weighted by Crippen LogP contribution is 2.08. The lowest BCUT2D eigenvalue weighted by atomic mass is 10.0. The molecule has 1 rings (SSSR count). The molecule has 64 valence electrons. The van der Waals surface area contributed by atoms with Gasteiger partial charge in [-0.25, -0.2) is 4.79 Å². The van der Waals surface area contributed by atoms with Crippen molar-refractivity contribution in [1.29, 1.82) is 0 Å². The molecule has 1 aliphatic heterocycles. The number of hydrogen-bond donors (Lipinski definition) is 4. The van der Waals surface area contributed by atoms with Crippen molar-refractivity contribution in [3.8, 4) is 0 Å². The molecule has 0 bridgehead atoms. The van der Waals surface area contributed by atoms with E-state index < -0.39 is 6.09 Å². The third-order valence-electron chi connectivity index (χ3n) is 1.87. The van der Waals surface area contributed by atoms with Crippen molar-refractivity contribution in [2.24, 2.45) is 5.73 Å². The minimum atomic E-state index is -1.01. The maximum atomic E-state index is 10.1. The Morgan fingerprint density at radius 2 is 2.55 bits per heavy atom. The van der Waals surface area contributed by atoms with Gasteiger partial charge in [-0.3, -0.25) is 0 Å². The molecule has 11 heavy (non-hydrogen) atoms. The molecule has 5 nitrogen and oxygen atoms in total. The van der Waals surface area contributed by atoms with Crippen molar-refractivity contribution in [2.45, 2.75) is 12.0 Å². The van der Waals surface area contributed by atoms with Gasteiger partial charge in [0.2, 0.25) is 0 Å². The minimum absolute atomic E-state index is 0.329. The van der Waals surface area contributed by atoms with Crippen LogP contribution in [-0.2, 0) is 0 Å². The molecule has 0 spiro atoms. The smallest absolute Gasteiger partial charge is 0.404 e. The number of nitrogens with two attached hydrogens (primary N) is 1. The monoisotopic (exact) mass is 159 g/mol. The van der Waals surface area contributed by atoms with Gasteiger partial charge in [-0.1, -0.05) is 0 Å². The summed E-state index contributed by atoms with van der Waals surface area (Å²) in [5.41, 5.74) is 5.44. The molecule has 0 radical (unpaired) electrons. The first kappa shape index (κ1) is 8.29. The molecule has 1 atom stereocenters. The first-order valence-corrected chi connectivity index (χ1v) is 3.59. The van der Waals surface area contributed by atoms with Crippen LogP contribution in [0, 0.1) is 0 Å². The van der Waals surface area contributed by atoms with Gasteiger partial charge in [-0.05, 0) is 13.0 Å². The molecular weight excluding hydrogens is 146 g/mol. The molecular formula is C6H13N3O2. The molecule has 1 heterocycles. The van der Waals surface area contributed by atoms with Crippen LogP contribution in [0.2, 0.25) is 0 Å². The fraction of sp³-hybridized carbons (Fsp3) is 0.833. The topological polar surface area (TPSA) is 87.4 Å². The highest BCUT2D eigenvalue weighted by Gasteiger charge is 2.29. The van der Waals surface area contributed by atoms with Crippen molar-refractivity contribution in [1.82, 2.24) is 10.6 Å². The molecule has 0 aromatic rings. The van der Waals surface area contributed by atoms with E-state index in [0.717, 1.165) is 13.0 Å². The Labute approximate surface area is 65.0 Å². The zero-order chi connectivity index (χ0) is 8.32. The van der Waals surface area contributed by atoms with Crippen LogP contribution in [0.25, 0.3) is 0 Å². The van der Waals surface area contributed by atoms with Gasteiger partial charge in [0.15, 0.2) is 0 Å². The van der Waals surface area contributed by atoms with E-state index in [1.54, 1.807) is 0 Å². The van der Waals surface area contributed by atoms with E-state index >= 15 is 0 Å². The maximum absolute atomic E-state index is 10.1. The standard InChI is InChI=1S/C6H13N3O2/c7-6(1-2-8-3-6)4-9-5(10)11/h8-9H,1-4,7H2,(H,10,11)/t6-/m0/s1. The Hall–Kier alpha value is -0.810. The van der Waals surface area contributed by atoms with Crippen LogP contribution in [-0.4, -0.2) is 36.4 Å². The van der Waals surface area contributed by atoms with Crippen LogP contribution >= 0.6 is 0 Å². The average Bonchev–Trinajstić information content (AvgIpc) is 2.33. The SMILES string of the molecule is N[C@@]1(CNC(=O)O)CCNC1. The first-order chi connectivity index (χ1) is 5.12. The summed E-state index contributed by atoms with van der Waals surface area (Å²) in [6.07, 6.45) is -0.186. The van der Waals surface area contributed by atoms with E-state index in [-0.39, 0.29) is 5.54 Å². The van der Waals surface area contributed by atoms with Crippen LogP contribution in [0.4, 0.5) is 4.79 Å². The summed E-state index contributed by atoms with van der Waals surface area (Å²) < 4.78 is 0. The second-order valence-corrected chi connectivity index (χ2v) is 2.95. The molecule has 5 N–H and O–H groups in total. The van der Waals surface area contributed by atoms with E-state index in [2.05, 4.69) is 10.6 Å². The summed E-state index contributed by atoms with van der Waals surface area (Å²) in [5.74, 6) is 0. The third-order valence-corrected chi connectivity index (χ3v) is 1.87. The molecule has 0 aromatic carbocycles. The number of hydrogen-bond acceptors (Lipinski definition) is 3. The summed E-state index contributed by atoms with van der Waals surface area (Å²) in [4.78, 5) is 10.1. The van der Waals surface area contributed by atoms with E-state index in [0.29, 0.717) is 13.1 Å². The second-order valence-electron chi connectivity index (χ2n) is 2.95. The Morgan fingerprint density at radius 3 is 3.00 bits per heavy atom. The van der Waals surface area contributed by atoms with Crippen molar-refractivity contribution < 1.29 is 9.90 Å². The Balaban J connectivity index is 2.28. The lowest BCUT2D eigenvalue weighted by Gasteiger charge is -2.21. The van der Waals surface area contributed by atoms with Crippen molar-refractivity contribution >= 4 is 6.09 Å². The summed E-state index contributed by atoms with van der Waals surface area (Å²) in [6, 6.07) is 0. The lowest BCUT2D eigenvalue weighted by Crippen LogP contribution is -2.51. The number of rotatable bonds is 2. The average molecular weight is 159 g/mol. The van der Waals surface area contributed by atoms with Crippen molar-refractivity contribution in [3.63, 3.8) is 0 Å². The largest absolute Gasteiger partial charge is 0.465 e. The fourth-order valence-corrected chi connectivity index (χ4v) is 1.17. The molecule has 1 saturated heterocycles. The molecule has 5 heteroatoms. The Kier molecular flexibility index (Phi) is 2.31. The van der Waals surface area contributed by atoms with Gasteiger partial charge in [0, 0.05) is 18.6 Å². The summed E-state index contributed by atoms with van der Waals surface area (Å²) in [7, 11) is 0. The zero-order valence-electron chi connectivity index (χ0n) is 6.26. The molecule has 1 aliphatic rings. The quantitative estimate of drug-likeness (QED) is 0.414. The highest BCUT2D eigenvalue weighted by molar-refractivity contribution is 5.64. The predicted molar refractivity (Wildman–Crippen MR) is 40.4 cm³/mol. The predicted octanol–water partition coefficient (Wildman–Crippen LogP) is -1.06. The van der Waals surface area contributed by atoms with Gasteiger partial charge in [-0.2, -0.15) is 0 Å². The summed E-state index contributed by atoms with van der Waals surface area (Å²) in [5, 5.41) is 13.7. The van der Waals surface area contributed by atoms with Crippen LogP contribution in [0.15, 0.2) is 0 Å². The second kappa shape index (κ2) is 3.06. The minimum Gasteiger partial charge on any atom is -0.465 e. The molecule has 0 saturated carbocycles. The number of carboxylic acid groups (broad SMARTS) is 1. The van der Waals surface area contributed by atoms with Crippen LogP contribution in [0.3, 0.4) is 0 Å². The van der Waals surface area contributed by atoms with Gasteiger partial charge >= 0.3 is 6.09 Å². The zero-order valence-corrected chi connectivity index (χ0v) is 6.26. The maximum Gasteiger partial charge on any atom is 0.404 e. The van der Waals surface area contributed by atoms with E-state index in [9.17, 15) is 4.79 Å². The van der Waals surface area contributed by atoms with Crippen LogP contribution in [0.1, 0.15) is 6.42 Å². The van der Waals surface area contributed by atoms with Gasteiger partial charge in [0.25, 0.3) is 0 Å². The lowest BCUT2D eigenvalue weighted by molar-refractivity contribution is 0.191. The molecule has 0 unspecified atom stereocenters. The number of amides is 1. The fourth-order valence-electron chi connectivity index (χ4n) is 1.17. The van der Waals surface area contributed by atoms with Gasteiger partial charge < -0.3 is 21.5 Å². The number of nitrogens with one attached hydrogen (secondary N) is 2. The first-order valence-electron chi connectivity index (χ1n) is 3.59. The third kappa shape index (κ3) is 2.36. The van der Waals surface area contributed by atoms with Crippen LogP contribution < -0.4 is 16.4 Å². The molecule has 1 amide bonds. The molecule has 0 aliphatic carbocycles. The molecule has 1 fully saturated rings. The Morgan fingerprint density at radius 1 is 1.82 bits per heavy atom. The van der Waals surface area contributed by atoms with E-state index in [4.69, 9.17) is 10.8 Å². The molecule has 0 aromatic heterocycles. The van der Waals surface area contributed by atoms with E-state index in [1.807, 2.05) is 0 Å².